The Kier molecular flexibility index (Phi) is 5.98. The average Bonchev–Trinajstić information content (AvgIpc) is 3.19. The second kappa shape index (κ2) is 8.89. The summed E-state index contributed by atoms with van der Waals surface area (Å²) >= 11 is 0. The summed E-state index contributed by atoms with van der Waals surface area (Å²) in [5.74, 6) is 0. The van der Waals surface area contributed by atoms with Crippen LogP contribution in [0.3, 0.4) is 0 Å². The van der Waals surface area contributed by atoms with E-state index < -0.39 is 11.2 Å². The summed E-state index contributed by atoms with van der Waals surface area (Å²) in [5.41, 5.74) is 8.07. The first kappa shape index (κ1) is 24.2. The fourth-order valence-corrected chi connectivity index (χ4v) is 4.84. The molecule has 0 saturated carbocycles. The Labute approximate surface area is 214 Å². The van der Waals surface area contributed by atoms with Gasteiger partial charge in [-0.15, -0.1) is 0 Å². The highest BCUT2D eigenvalue weighted by atomic mass is 16.5. The minimum Gasteiger partial charge on any atom is -0.387 e. The van der Waals surface area contributed by atoms with Gasteiger partial charge in [0.05, 0.1) is 11.2 Å². The minimum absolute atomic E-state index is 0.465. The number of hydrogen-bond donors (Lipinski definition) is 1. The third-order valence-corrected chi connectivity index (χ3v) is 7.84. The standard InChI is InChI=1S/C27H18.C7H16O2/c1-17-9-10-19-16-20(12-11-18(19)15-17)21-13-14-26-23-6-3-2-5-22(23)25-8-4-7-24(21)27(25)26;1-6(2,8)7(3,4)9-5/h2-16H,1H3;8H,1-5H3. The molecular weight excluding hydrogens is 440 g/mol. The van der Waals surface area contributed by atoms with Crippen LogP contribution in [0, 0.1) is 6.92 Å². The fraction of sp³-hybridized carbons (Fsp3) is 0.235. The highest BCUT2D eigenvalue weighted by molar-refractivity contribution is 6.18. The Hall–Kier alpha value is -3.46. The van der Waals surface area contributed by atoms with Crippen LogP contribution in [0.2, 0.25) is 0 Å². The van der Waals surface area contributed by atoms with Gasteiger partial charge in [-0.2, -0.15) is 0 Å². The van der Waals surface area contributed by atoms with Crippen molar-refractivity contribution in [3.05, 3.63) is 96.6 Å². The van der Waals surface area contributed by atoms with Gasteiger partial charge in [0.15, 0.2) is 0 Å². The largest absolute Gasteiger partial charge is 0.387 e. The summed E-state index contributed by atoms with van der Waals surface area (Å²) in [6.45, 7) is 9.32. The highest BCUT2D eigenvalue weighted by Crippen LogP contribution is 2.49. The van der Waals surface area contributed by atoms with Crippen LogP contribution in [0.25, 0.3) is 54.9 Å². The molecule has 5 aromatic rings. The van der Waals surface area contributed by atoms with Crippen LogP contribution in [-0.4, -0.2) is 23.4 Å². The van der Waals surface area contributed by atoms with Crippen molar-refractivity contribution in [2.45, 2.75) is 45.8 Å². The van der Waals surface area contributed by atoms with E-state index >= 15 is 0 Å². The van der Waals surface area contributed by atoms with Gasteiger partial charge in [0.25, 0.3) is 0 Å². The molecule has 0 radical (unpaired) electrons. The first-order valence-electron chi connectivity index (χ1n) is 12.5. The van der Waals surface area contributed by atoms with Crippen molar-refractivity contribution in [1.29, 1.82) is 0 Å². The van der Waals surface area contributed by atoms with Crippen molar-refractivity contribution in [3.8, 4) is 33.4 Å². The molecule has 1 N–H and O–H groups in total. The molecule has 0 fully saturated rings. The number of aryl methyl sites for hydroxylation is 1. The summed E-state index contributed by atoms with van der Waals surface area (Å²) in [6.07, 6.45) is 0. The first-order chi connectivity index (χ1) is 17.1. The molecule has 0 aromatic heterocycles. The molecule has 2 heteroatoms. The van der Waals surface area contributed by atoms with Gasteiger partial charge in [0, 0.05) is 7.11 Å². The van der Waals surface area contributed by atoms with Crippen molar-refractivity contribution in [3.63, 3.8) is 0 Å². The van der Waals surface area contributed by atoms with Crippen LogP contribution < -0.4 is 0 Å². The maximum atomic E-state index is 9.42. The minimum atomic E-state index is -0.776. The lowest BCUT2D eigenvalue weighted by atomic mass is 9.90. The van der Waals surface area contributed by atoms with Gasteiger partial charge in [-0.1, -0.05) is 90.5 Å². The van der Waals surface area contributed by atoms with Crippen molar-refractivity contribution in [2.24, 2.45) is 0 Å². The normalized spacial score (nSPS) is 12.4. The summed E-state index contributed by atoms with van der Waals surface area (Å²) in [4.78, 5) is 0. The molecule has 6 rings (SSSR count). The molecule has 1 aliphatic carbocycles. The topological polar surface area (TPSA) is 29.5 Å². The predicted octanol–water partition coefficient (Wildman–Crippen LogP) is 8.80. The van der Waals surface area contributed by atoms with Gasteiger partial charge in [-0.3, -0.25) is 0 Å². The van der Waals surface area contributed by atoms with Crippen LogP contribution in [0.5, 0.6) is 0 Å². The van der Waals surface area contributed by atoms with E-state index in [9.17, 15) is 5.11 Å². The lowest BCUT2D eigenvalue weighted by Gasteiger charge is -2.35. The maximum Gasteiger partial charge on any atom is 0.0902 e. The predicted molar refractivity (Wildman–Crippen MR) is 153 cm³/mol. The zero-order valence-electron chi connectivity index (χ0n) is 22.0. The van der Waals surface area contributed by atoms with E-state index in [1.54, 1.807) is 21.0 Å². The molecule has 0 amide bonds. The quantitative estimate of drug-likeness (QED) is 0.278. The Morgan fingerprint density at radius 3 is 1.83 bits per heavy atom. The zero-order valence-corrected chi connectivity index (χ0v) is 22.0. The van der Waals surface area contributed by atoms with Crippen molar-refractivity contribution >= 4 is 21.5 Å². The molecule has 0 aliphatic heterocycles. The van der Waals surface area contributed by atoms with Crippen molar-refractivity contribution in [1.82, 2.24) is 0 Å². The Balaban J connectivity index is 0.000000257. The van der Waals surface area contributed by atoms with Crippen LogP contribution in [-0.2, 0) is 4.74 Å². The van der Waals surface area contributed by atoms with E-state index in [0.717, 1.165) is 0 Å². The number of benzene rings is 5. The first-order valence-corrected chi connectivity index (χ1v) is 12.5. The van der Waals surface area contributed by atoms with Gasteiger partial charge in [-0.25, -0.2) is 0 Å². The van der Waals surface area contributed by atoms with Crippen LogP contribution in [0.15, 0.2) is 91.0 Å². The molecule has 1 aliphatic rings. The lowest BCUT2D eigenvalue weighted by molar-refractivity contribution is -0.129. The van der Waals surface area contributed by atoms with Crippen molar-refractivity contribution in [2.75, 3.05) is 7.11 Å². The third-order valence-electron chi connectivity index (χ3n) is 7.84. The lowest BCUT2D eigenvalue weighted by Crippen LogP contribution is -2.46. The van der Waals surface area contributed by atoms with Crippen LogP contribution in [0.4, 0.5) is 0 Å². The van der Waals surface area contributed by atoms with E-state index in [1.807, 2.05) is 13.8 Å². The molecule has 0 bridgehead atoms. The van der Waals surface area contributed by atoms with E-state index in [2.05, 4.69) is 97.9 Å². The smallest absolute Gasteiger partial charge is 0.0902 e. The molecule has 0 atom stereocenters. The number of fused-ring (bicyclic) bond motifs is 4. The van der Waals surface area contributed by atoms with E-state index in [1.165, 1.54) is 60.5 Å². The molecule has 0 heterocycles. The van der Waals surface area contributed by atoms with Gasteiger partial charge >= 0.3 is 0 Å². The zero-order chi connectivity index (χ0) is 25.7. The Morgan fingerprint density at radius 2 is 1.19 bits per heavy atom. The van der Waals surface area contributed by atoms with Gasteiger partial charge in [0.1, 0.15) is 0 Å². The molecule has 5 aromatic carbocycles. The van der Waals surface area contributed by atoms with Gasteiger partial charge < -0.3 is 9.84 Å². The summed E-state index contributed by atoms with van der Waals surface area (Å²) in [7, 11) is 1.60. The molecular formula is C34H34O2. The van der Waals surface area contributed by atoms with E-state index in [-0.39, 0.29) is 0 Å². The second-order valence-corrected chi connectivity index (χ2v) is 10.8. The van der Waals surface area contributed by atoms with Crippen molar-refractivity contribution < 1.29 is 9.84 Å². The number of aliphatic hydroxyl groups is 1. The van der Waals surface area contributed by atoms with Gasteiger partial charge in [0.2, 0.25) is 0 Å². The molecule has 36 heavy (non-hydrogen) atoms. The third kappa shape index (κ3) is 4.11. The summed E-state index contributed by atoms with van der Waals surface area (Å²) < 4.78 is 5.05. The Morgan fingerprint density at radius 1 is 0.611 bits per heavy atom. The summed E-state index contributed by atoms with van der Waals surface area (Å²) in [5, 5.41) is 14.7. The fourth-order valence-electron chi connectivity index (χ4n) is 4.84. The van der Waals surface area contributed by atoms with E-state index in [4.69, 9.17) is 4.74 Å². The Bertz CT molecular complexity index is 1560. The maximum absolute atomic E-state index is 9.42. The number of methoxy groups -OCH3 is 1. The average molecular weight is 475 g/mol. The molecule has 2 nitrogen and oxygen atoms in total. The second-order valence-electron chi connectivity index (χ2n) is 10.8. The number of rotatable bonds is 3. The SMILES string of the molecule is COC(C)(C)C(C)(C)O.Cc1ccc2cc(-c3ccc4c5c(cccc35)-c3ccccc3-4)ccc2c1. The molecule has 182 valence electrons. The van der Waals surface area contributed by atoms with Crippen LogP contribution in [0.1, 0.15) is 33.3 Å². The highest BCUT2D eigenvalue weighted by Gasteiger charge is 2.34. The molecule has 0 spiro atoms. The van der Waals surface area contributed by atoms with Gasteiger partial charge in [-0.05, 0) is 95.6 Å². The van der Waals surface area contributed by atoms with E-state index in [0.29, 0.717) is 0 Å². The molecule has 0 unspecified atom stereocenters. The number of hydrogen-bond acceptors (Lipinski definition) is 2. The number of ether oxygens (including phenoxy) is 1. The summed E-state index contributed by atoms with van der Waals surface area (Å²) in [6, 6.07) is 33.5. The van der Waals surface area contributed by atoms with Crippen LogP contribution >= 0.6 is 0 Å². The monoisotopic (exact) mass is 474 g/mol. The molecule has 0 saturated heterocycles.